The standard InChI is InChI=1S/C16H17ClN6/c1-23(2)15-7-10(11-5-3-4-6-12(11)20-15)9-19-14-8-13(17)21-16(18)22-14/h3-8H,9H2,1-2H3,(H3,18,19,21,22). The Bertz CT molecular complexity index is 829. The third-order valence-electron chi connectivity index (χ3n) is 3.42. The van der Waals surface area contributed by atoms with Gasteiger partial charge in [-0.1, -0.05) is 29.8 Å². The summed E-state index contributed by atoms with van der Waals surface area (Å²) in [5.41, 5.74) is 7.69. The van der Waals surface area contributed by atoms with Gasteiger partial charge in [0.05, 0.1) is 5.52 Å². The van der Waals surface area contributed by atoms with Crippen LogP contribution in [0.5, 0.6) is 0 Å². The maximum atomic E-state index is 5.91. The van der Waals surface area contributed by atoms with E-state index in [2.05, 4.69) is 32.4 Å². The number of rotatable bonds is 4. The van der Waals surface area contributed by atoms with Gasteiger partial charge in [0.2, 0.25) is 5.95 Å². The molecule has 0 saturated heterocycles. The van der Waals surface area contributed by atoms with Crippen molar-refractivity contribution in [3.05, 3.63) is 47.1 Å². The highest BCUT2D eigenvalue weighted by Gasteiger charge is 2.08. The molecule has 0 unspecified atom stereocenters. The van der Waals surface area contributed by atoms with Crippen molar-refractivity contribution in [2.75, 3.05) is 30.0 Å². The molecule has 0 aliphatic carbocycles. The summed E-state index contributed by atoms with van der Waals surface area (Å²) in [6, 6.07) is 11.8. The molecule has 0 spiro atoms. The summed E-state index contributed by atoms with van der Waals surface area (Å²) in [5.74, 6) is 1.64. The number of nitrogens with two attached hydrogens (primary N) is 1. The van der Waals surface area contributed by atoms with Crippen molar-refractivity contribution in [1.82, 2.24) is 15.0 Å². The molecule has 0 bridgehead atoms. The summed E-state index contributed by atoms with van der Waals surface area (Å²) in [7, 11) is 3.94. The van der Waals surface area contributed by atoms with Crippen LogP contribution in [0.2, 0.25) is 5.15 Å². The van der Waals surface area contributed by atoms with E-state index in [1.54, 1.807) is 6.07 Å². The van der Waals surface area contributed by atoms with Crippen molar-refractivity contribution in [3.63, 3.8) is 0 Å². The van der Waals surface area contributed by atoms with Crippen LogP contribution in [0.25, 0.3) is 10.9 Å². The van der Waals surface area contributed by atoms with Gasteiger partial charge < -0.3 is 16.0 Å². The zero-order valence-electron chi connectivity index (χ0n) is 12.9. The van der Waals surface area contributed by atoms with Gasteiger partial charge >= 0.3 is 0 Å². The van der Waals surface area contributed by atoms with Gasteiger partial charge in [-0.2, -0.15) is 4.98 Å². The van der Waals surface area contributed by atoms with Crippen LogP contribution in [0.3, 0.4) is 0 Å². The number of fused-ring (bicyclic) bond motifs is 1. The van der Waals surface area contributed by atoms with E-state index in [1.165, 1.54) is 0 Å². The summed E-state index contributed by atoms with van der Waals surface area (Å²) in [6.45, 7) is 0.580. The van der Waals surface area contributed by atoms with Crippen molar-refractivity contribution in [1.29, 1.82) is 0 Å². The van der Waals surface area contributed by atoms with E-state index in [9.17, 15) is 0 Å². The molecule has 2 heterocycles. The van der Waals surface area contributed by atoms with E-state index < -0.39 is 0 Å². The minimum absolute atomic E-state index is 0.147. The van der Waals surface area contributed by atoms with Crippen LogP contribution < -0.4 is 16.0 Å². The number of hydrogen-bond acceptors (Lipinski definition) is 6. The fraction of sp³-hybridized carbons (Fsp3) is 0.188. The number of anilines is 3. The number of nitrogen functional groups attached to an aromatic ring is 1. The van der Waals surface area contributed by atoms with E-state index in [-0.39, 0.29) is 5.95 Å². The van der Waals surface area contributed by atoms with Gasteiger partial charge in [0, 0.05) is 32.1 Å². The largest absolute Gasteiger partial charge is 0.368 e. The molecule has 0 saturated carbocycles. The molecule has 6 nitrogen and oxygen atoms in total. The first-order chi connectivity index (χ1) is 11.0. The molecule has 0 atom stereocenters. The summed E-state index contributed by atoms with van der Waals surface area (Å²) in [4.78, 5) is 14.6. The second kappa shape index (κ2) is 6.26. The Morgan fingerprint density at radius 3 is 2.65 bits per heavy atom. The van der Waals surface area contributed by atoms with Crippen LogP contribution in [-0.2, 0) is 6.54 Å². The number of para-hydroxylation sites is 1. The van der Waals surface area contributed by atoms with Gasteiger partial charge in [-0.05, 0) is 17.7 Å². The Morgan fingerprint density at radius 1 is 1.13 bits per heavy atom. The lowest BCUT2D eigenvalue weighted by molar-refractivity contribution is 1.06. The summed E-state index contributed by atoms with van der Waals surface area (Å²) in [6.07, 6.45) is 0. The number of nitrogens with zero attached hydrogens (tertiary/aromatic N) is 4. The van der Waals surface area contributed by atoms with Crippen molar-refractivity contribution in [2.45, 2.75) is 6.54 Å². The van der Waals surface area contributed by atoms with E-state index in [0.29, 0.717) is 17.5 Å². The zero-order chi connectivity index (χ0) is 16.4. The highest BCUT2D eigenvalue weighted by molar-refractivity contribution is 6.29. The predicted molar refractivity (Wildman–Crippen MR) is 94.9 cm³/mol. The molecular weight excluding hydrogens is 312 g/mol. The Morgan fingerprint density at radius 2 is 1.91 bits per heavy atom. The number of nitrogens with one attached hydrogen (secondary N) is 1. The van der Waals surface area contributed by atoms with Crippen LogP contribution in [0.4, 0.5) is 17.6 Å². The minimum Gasteiger partial charge on any atom is -0.368 e. The van der Waals surface area contributed by atoms with Crippen LogP contribution >= 0.6 is 11.6 Å². The van der Waals surface area contributed by atoms with E-state index in [4.69, 9.17) is 17.3 Å². The zero-order valence-corrected chi connectivity index (χ0v) is 13.7. The van der Waals surface area contributed by atoms with Crippen molar-refractivity contribution in [3.8, 4) is 0 Å². The summed E-state index contributed by atoms with van der Waals surface area (Å²) in [5, 5.41) is 4.65. The van der Waals surface area contributed by atoms with Crippen molar-refractivity contribution in [2.24, 2.45) is 0 Å². The smallest absolute Gasteiger partial charge is 0.223 e. The lowest BCUT2D eigenvalue weighted by Crippen LogP contribution is -2.12. The predicted octanol–water partition coefficient (Wildman–Crippen LogP) is 2.94. The van der Waals surface area contributed by atoms with Gasteiger partial charge in [0.1, 0.15) is 16.8 Å². The molecule has 118 valence electrons. The highest BCUT2D eigenvalue weighted by atomic mass is 35.5. The number of hydrogen-bond donors (Lipinski definition) is 2. The van der Waals surface area contributed by atoms with Gasteiger partial charge in [0.15, 0.2) is 0 Å². The van der Waals surface area contributed by atoms with E-state index in [0.717, 1.165) is 22.3 Å². The van der Waals surface area contributed by atoms with Crippen LogP contribution in [0.1, 0.15) is 5.56 Å². The van der Waals surface area contributed by atoms with E-state index >= 15 is 0 Å². The van der Waals surface area contributed by atoms with Crippen LogP contribution in [0, 0.1) is 0 Å². The first-order valence-corrected chi connectivity index (χ1v) is 7.50. The number of halogens is 1. The van der Waals surface area contributed by atoms with Gasteiger partial charge in [-0.25, -0.2) is 9.97 Å². The third kappa shape index (κ3) is 3.43. The van der Waals surface area contributed by atoms with E-state index in [1.807, 2.05) is 37.2 Å². The topological polar surface area (TPSA) is 80.0 Å². The normalized spacial score (nSPS) is 10.7. The van der Waals surface area contributed by atoms with Crippen molar-refractivity contribution >= 4 is 40.1 Å². The van der Waals surface area contributed by atoms with Gasteiger partial charge in [-0.3, -0.25) is 0 Å². The maximum absolute atomic E-state index is 5.91. The Balaban J connectivity index is 1.95. The number of pyridine rings is 1. The summed E-state index contributed by atoms with van der Waals surface area (Å²) < 4.78 is 0. The minimum atomic E-state index is 0.147. The Kier molecular flexibility index (Phi) is 4.16. The van der Waals surface area contributed by atoms with Crippen LogP contribution in [0.15, 0.2) is 36.4 Å². The molecular formula is C16H17ClN6. The lowest BCUT2D eigenvalue weighted by Gasteiger charge is -2.15. The molecule has 3 N–H and O–H groups in total. The molecule has 0 fully saturated rings. The highest BCUT2D eigenvalue weighted by Crippen LogP contribution is 2.23. The number of aromatic nitrogens is 3. The Labute approximate surface area is 139 Å². The molecule has 3 aromatic rings. The molecule has 23 heavy (non-hydrogen) atoms. The molecule has 2 aromatic heterocycles. The first-order valence-electron chi connectivity index (χ1n) is 7.13. The summed E-state index contributed by atoms with van der Waals surface area (Å²) >= 11 is 5.91. The average Bonchev–Trinajstić information content (AvgIpc) is 2.51. The van der Waals surface area contributed by atoms with Crippen molar-refractivity contribution < 1.29 is 0 Å². The van der Waals surface area contributed by atoms with Gasteiger partial charge in [0.25, 0.3) is 0 Å². The monoisotopic (exact) mass is 328 g/mol. The molecule has 0 aliphatic rings. The first kappa shape index (κ1) is 15.3. The molecule has 7 heteroatoms. The number of benzene rings is 1. The maximum Gasteiger partial charge on any atom is 0.223 e. The second-order valence-electron chi connectivity index (χ2n) is 5.34. The molecule has 0 radical (unpaired) electrons. The molecule has 1 aromatic carbocycles. The molecule has 3 rings (SSSR count). The Hall–Kier alpha value is -2.60. The molecule has 0 aliphatic heterocycles. The lowest BCUT2D eigenvalue weighted by atomic mass is 10.1. The SMILES string of the molecule is CN(C)c1cc(CNc2cc(Cl)nc(N)n2)c2ccccc2n1. The average molecular weight is 329 g/mol. The fourth-order valence-corrected chi connectivity index (χ4v) is 2.51. The van der Waals surface area contributed by atoms with Gasteiger partial charge in [-0.15, -0.1) is 0 Å². The van der Waals surface area contributed by atoms with Crippen LogP contribution in [-0.4, -0.2) is 29.0 Å². The second-order valence-corrected chi connectivity index (χ2v) is 5.73. The molecule has 0 amide bonds. The quantitative estimate of drug-likeness (QED) is 0.717. The third-order valence-corrected chi connectivity index (χ3v) is 3.61. The fourth-order valence-electron chi connectivity index (χ4n) is 2.32.